The van der Waals surface area contributed by atoms with E-state index in [-0.39, 0.29) is 16.9 Å². The first-order valence-corrected chi connectivity index (χ1v) is 14.2. The number of benzene rings is 2. The molecule has 0 saturated heterocycles. The number of carbonyl (C=O) groups excluding carboxylic acids is 1. The van der Waals surface area contributed by atoms with Crippen LogP contribution in [0.4, 0.5) is 17.1 Å². The number of thioether (sulfide) groups is 1. The van der Waals surface area contributed by atoms with Gasteiger partial charge in [-0.05, 0) is 32.9 Å². The lowest BCUT2D eigenvalue weighted by molar-refractivity contribution is -0.442. The fourth-order valence-electron chi connectivity index (χ4n) is 5.60. The number of anilines is 1. The molecular formula is C30H34N3O6S+. The number of hydrogen-bond acceptors (Lipinski definition) is 8. The molecule has 5 rings (SSSR count). The average Bonchev–Trinajstić information content (AvgIpc) is 3.40. The number of nitro groups is 1. The molecule has 2 aliphatic heterocycles. The van der Waals surface area contributed by atoms with Gasteiger partial charge in [-0.15, -0.1) is 0 Å². The molecule has 210 valence electrons. The predicted molar refractivity (Wildman–Crippen MR) is 155 cm³/mol. The molecule has 3 aliphatic rings. The number of aliphatic hydroxyl groups excluding tert-OH is 1. The lowest BCUT2D eigenvalue weighted by atomic mass is 9.72. The lowest BCUT2D eigenvalue weighted by Gasteiger charge is -2.33. The van der Waals surface area contributed by atoms with Gasteiger partial charge in [0.15, 0.2) is 18.0 Å². The molecule has 0 spiro atoms. The van der Waals surface area contributed by atoms with Gasteiger partial charge in [0.05, 0.1) is 46.3 Å². The van der Waals surface area contributed by atoms with Crippen LogP contribution in [0, 0.1) is 16.0 Å². The van der Waals surface area contributed by atoms with E-state index in [4.69, 9.17) is 9.47 Å². The number of ketones is 1. The number of aliphatic hydroxyl groups is 1. The first-order chi connectivity index (χ1) is 19.2. The van der Waals surface area contributed by atoms with E-state index in [2.05, 4.69) is 30.6 Å². The van der Waals surface area contributed by atoms with Gasteiger partial charge in [-0.25, -0.2) is 0 Å². The zero-order chi connectivity index (χ0) is 28.6. The number of nitro benzene ring substituents is 1. The maximum absolute atomic E-state index is 13.4. The molecule has 2 aromatic carbocycles. The van der Waals surface area contributed by atoms with E-state index in [1.54, 1.807) is 25.3 Å². The van der Waals surface area contributed by atoms with Gasteiger partial charge in [0.2, 0.25) is 5.69 Å². The number of rotatable bonds is 10. The second-order valence-corrected chi connectivity index (χ2v) is 11.5. The van der Waals surface area contributed by atoms with Crippen LogP contribution in [0.15, 0.2) is 70.1 Å². The number of methoxy groups -OCH3 is 1. The van der Waals surface area contributed by atoms with Crippen molar-refractivity contribution in [2.75, 3.05) is 44.9 Å². The summed E-state index contributed by atoms with van der Waals surface area (Å²) in [4.78, 5) is 27.0. The van der Waals surface area contributed by atoms with Crippen LogP contribution in [0.1, 0.15) is 26.3 Å². The summed E-state index contributed by atoms with van der Waals surface area (Å²) in [5, 5.41) is 23.2. The number of carbonyl (C=O) groups is 1. The molecule has 0 aromatic heterocycles. The Bertz CT molecular complexity index is 1450. The van der Waals surface area contributed by atoms with Crippen LogP contribution in [0.3, 0.4) is 0 Å². The topological polar surface area (TPSA) is 105 Å². The molecule has 9 nitrogen and oxygen atoms in total. The molecule has 2 atom stereocenters. The van der Waals surface area contributed by atoms with Crippen LogP contribution >= 0.6 is 11.8 Å². The van der Waals surface area contributed by atoms with Gasteiger partial charge in [-0.2, -0.15) is 4.58 Å². The number of para-hydroxylation sites is 1. The van der Waals surface area contributed by atoms with Gasteiger partial charge < -0.3 is 19.5 Å². The molecule has 2 unspecified atom stereocenters. The molecule has 1 saturated carbocycles. The highest BCUT2D eigenvalue weighted by atomic mass is 32.2. The van der Waals surface area contributed by atoms with Crippen LogP contribution in [-0.4, -0.2) is 72.2 Å². The smallest absolute Gasteiger partial charge is 0.270 e. The fraction of sp³-hybridized carbons (Fsp3) is 0.400. The van der Waals surface area contributed by atoms with Crippen LogP contribution < -0.4 is 4.90 Å². The number of fused-ring (bicyclic) bond motifs is 2. The number of allylic oxidation sites excluding steroid dienone is 1. The average molecular weight is 565 g/mol. The van der Waals surface area contributed by atoms with Crippen LogP contribution in [0.2, 0.25) is 0 Å². The Morgan fingerprint density at radius 1 is 1.20 bits per heavy atom. The minimum absolute atomic E-state index is 0.0272. The zero-order valence-electron chi connectivity index (χ0n) is 23.1. The van der Waals surface area contributed by atoms with Crippen LogP contribution in [0.5, 0.6) is 0 Å². The molecule has 10 heteroatoms. The van der Waals surface area contributed by atoms with Crippen molar-refractivity contribution < 1.29 is 28.9 Å². The number of hydrogen-bond donors (Lipinski definition) is 1. The maximum atomic E-state index is 13.4. The zero-order valence-corrected chi connectivity index (χ0v) is 23.9. The Morgan fingerprint density at radius 3 is 2.67 bits per heavy atom. The van der Waals surface area contributed by atoms with Crippen molar-refractivity contribution >= 4 is 40.3 Å². The standard InChI is InChI=1S/C30H34N3O6S/c1-5-31-24-11-10-19(33(36)37)16-25(24)40-27(31)18-21-28(34)20(29(21)35)17-26-30(2,3)22-8-6-7-9-23(22)32(26)12-13-39-15-14-38-4/h6-11,16-18,21,28,34H,5,12-15H2,1-4H3/q+1. The molecule has 2 heterocycles. The minimum atomic E-state index is -0.941. The molecule has 1 N–H and O–H groups in total. The van der Waals surface area contributed by atoms with Gasteiger partial charge >= 0.3 is 0 Å². The highest BCUT2D eigenvalue weighted by molar-refractivity contribution is 8.03. The maximum Gasteiger partial charge on any atom is 0.270 e. The third-order valence-electron chi connectivity index (χ3n) is 7.79. The third-order valence-corrected chi connectivity index (χ3v) is 8.91. The number of nitrogens with zero attached hydrogens (tertiary/aromatic N) is 3. The Hall–Kier alpha value is -3.31. The quantitative estimate of drug-likeness (QED) is 0.147. The summed E-state index contributed by atoms with van der Waals surface area (Å²) in [6.45, 7) is 9.00. The summed E-state index contributed by atoms with van der Waals surface area (Å²) in [5.74, 6) is -0.792. The van der Waals surface area contributed by atoms with Crippen molar-refractivity contribution in [3.63, 3.8) is 0 Å². The van der Waals surface area contributed by atoms with E-state index in [1.807, 2.05) is 30.0 Å². The summed E-state index contributed by atoms with van der Waals surface area (Å²) in [5.41, 5.74) is 4.10. The van der Waals surface area contributed by atoms with Crippen molar-refractivity contribution in [3.8, 4) is 0 Å². The Kier molecular flexibility index (Phi) is 7.96. The Balaban J connectivity index is 1.41. The van der Waals surface area contributed by atoms with Crippen molar-refractivity contribution in [3.05, 3.63) is 80.9 Å². The second kappa shape index (κ2) is 11.3. The predicted octanol–water partition coefficient (Wildman–Crippen LogP) is 4.59. The van der Waals surface area contributed by atoms with E-state index in [9.17, 15) is 20.0 Å². The summed E-state index contributed by atoms with van der Waals surface area (Å²) in [6.07, 6.45) is 2.71. The molecule has 0 radical (unpaired) electrons. The van der Waals surface area contributed by atoms with E-state index in [0.717, 1.165) is 32.6 Å². The highest BCUT2D eigenvalue weighted by Crippen LogP contribution is 2.49. The third kappa shape index (κ3) is 4.89. The van der Waals surface area contributed by atoms with Gasteiger partial charge in [-0.1, -0.05) is 30.0 Å². The van der Waals surface area contributed by atoms with Crippen molar-refractivity contribution in [2.24, 2.45) is 5.92 Å². The number of ether oxygens (including phenoxy) is 2. The van der Waals surface area contributed by atoms with Gasteiger partial charge in [0, 0.05) is 54.0 Å². The van der Waals surface area contributed by atoms with Crippen molar-refractivity contribution in [2.45, 2.75) is 37.2 Å². The van der Waals surface area contributed by atoms with E-state index >= 15 is 0 Å². The van der Waals surface area contributed by atoms with Crippen LogP contribution in [-0.2, 0) is 19.7 Å². The summed E-state index contributed by atoms with van der Waals surface area (Å²) in [7, 11) is 1.64. The fourth-order valence-corrected chi connectivity index (χ4v) is 6.84. The number of Topliss-reactive ketones (excluding diaryl/α,β-unsaturated/α-hetero) is 1. The normalized spacial score (nSPS) is 23.1. The minimum Gasteiger partial charge on any atom is -0.387 e. The van der Waals surface area contributed by atoms with E-state index in [1.165, 1.54) is 17.8 Å². The molecule has 0 amide bonds. The summed E-state index contributed by atoms with van der Waals surface area (Å²) >= 11 is 1.39. The second-order valence-electron chi connectivity index (χ2n) is 10.5. The molecular weight excluding hydrogens is 530 g/mol. The molecule has 2 aromatic rings. The monoisotopic (exact) mass is 564 g/mol. The van der Waals surface area contributed by atoms with Gasteiger partial charge in [0.25, 0.3) is 5.69 Å². The van der Waals surface area contributed by atoms with Crippen LogP contribution in [0.25, 0.3) is 0 Å². The highest BCUT2D eigenvalue weighted by Gasteiger charge is 2.49. The first kappa shape index (κ1) is 28.2. The largest absolute Gasteiger partial charge is 0.387 e. The summed E-state index contributed by atoms with van der Waals surface area (Å²) in [6, 6.07) is 13.0. The summed E-state index contributed by atoms with van der Waals surface area (Å²) < 4.78 is 13.0. The molecule has 40 heavy (non-hydrogen) atoms. The molecule has 0 bridgehead atoms. The lowest BCUT2D eigenvalue weighted by Crippen LogP contribution is -2.45. The SMILES string of the molecule is CCN1C(=CC2C(=O)C(=CC3=[N+](CCOCCOC)c4ccccc4C3(C)C)C2O)Sc2cc([N+](=O)[O-])ccc21. The Morgan fingerprint density at radius 2 is 1.98 bits per heavy atom. The number of non-ortho nitro benzene ring substituents is 1. The van der Waals surface area contributed by atoms with E-state index in [0.29, 0.717) is 38.5 Å². The Labute approximate surface area is 237 Å². The van der Waals surface area contributed by atoms with E-state index < -0.39 is 16.9 Å². The van der Waals surface area contributed by atoms with Crippen molar-refractivity contribution in [1.82, 2.24) is 0 Å². The molecule has 1 fully saturated rings. The molecule has 1 aliphatic carbocycles. The van der Waals surface area contributed by atoms with Crippen molar-refractivity contribution in [1.29, 1.82) is 0 Å². The van der Waals surface area contributed by atoms with Gasteiger partial charge in [-0.3, -0.25) is 14.9 Å². The van der Waals surface area contributed by atoms with Gasteiger partial charge in [0.1, 0.15) is 6.61 Å². The first-order valence-electron chi connectivity index (χ1n) is 13.4.